The van der Waals surface area contributed by atoms with Crippen LogP contribution in [0.15, 0.2) is 6.20 Å². The van der Waals surface area contributed by atoms with Gasteiger partial charge in [0, 0.05) is 39.1 Å². The van der Waals surface area contributed by atoms with Gasteiger partial charge >= 0.3 is 0 Å². The van der Waals surface area contributed by atoms with E-state index in [1.807, 2.05) is 18.7 Å². The molecule has 0 saturated carbocycles. The molecule has 0 bridgehead atoms. The number of hydrogen-bond acceptors (Lipinski definition) is 5. The maximum absolute atomic E-state index is 12.6. The van der Waals surface area contributed by atoms with Crippen LogP contribution in [0.3, 0.4) is 0 Å². The Labute approximate surface area is 120 Å². The molecular weight excluding hydrogens is 254 g/mol. The molecule has 0 spiro atoms. The molecule has 1 saturated heterocycles. The quantitative estimate of drug-likeness (QED) is 0.894. The first-order chi connectivity index (χ1) is 9.52. The van der Waals surface area contributed by atoms with Crippen molar-refractivity contribution in [2.45, 2.75) is 19.8 Å². The minimum atomic E-state index is -0.00764. The number of rotatable bonds is 3. The number of aromatic nitrogens is 2. The Morgan fingerprint density at radius 2 is 1.95 bits per heavy atom. The van der Waals surface area contributed by atoms with Gasteiger partial charge < -0.3 is 15.1 Å². The molecule has 20 heavy (non-hydrogen) atoms. The molecule has 0 atom stereocenters. The molecule has 1 aromatic rings. The molecule has 1 amide bonds. The second-order valence-corrected chi connectivity index (χ2v) is 5.49. The van der Waals surface area contributed by atoms with Gasteiger partial charge in [-0.1, -0.05) is 13.8 Å². The van der Waals surface area contributed by atoms with Gasteiger partial charge in [-0.05, 0) is 7.05 Å². The molecule has 1 fully saturated rings. The van der Waals surface area contributed by atoms with Crippen LogP contribution in [0.4, 0.5) is 5.69 Å². The van der Waals surface area contributed by atoms with Gasteiger partial charge in [0.2, 0.25) is 0 Å². The molecule has 1 N–H and O–H groups in total. The zero-order chi connectivity index (χ0) is 14.7. The minimum Gasteiger partial charge on any atom is -0.385 e. The molecule has 0 aliphatic carbocycles. The molecule has 2 rings (SSSR count). The fourth-order valence-electron chi connectivity index (χ4n) is 2.18. The van der Waals surface area contributed by atoms with E-state index in [1.165, 1.54) is 0 Å². The van der Waals surface area contributed by atoms with E-state index in [0.29, 0.717) is 17.2 Å². The highest BCUT2D eigenvalue weighted by molar-refractivity contribution is 5.97. The lowest BCUT2D eigenvalue weighted by molar-refractivity contribution is 0.0658. The molecule has 0 radical (unpaired) electrons. The molecule has 1 aliphatic rings. The summed E-state index contributed by atoms with van der Waals surface area (Å²) in [6.07, 6.45) is 1.70. The Morgan fingerprint density at radius 1 is 1.30 bits per heavy atom. The maximum Gasteiger partial charge on any atom is 0.274 e. The summed E-state index contributed by atoms with van der Waals surface area (Å²) in [4.78, 5) is 25.5. The molecule has 6 nitrogen and oxygen atoms in total. The van der Waals surface area contributed by atoms with Crippen molar-refractivity contribution in [1.29, 1.82) is 0 Å². The van der Waals surface area contributed by atoms with Crippen LogP contribution >= 0.6 is 0 Å². The Hall–Kier alpha value is -1.69. The van der Waals surface area contributed by atoms with E-state index in [2.05, 4.69) is 27.2 Å². The highest BCUT2D eigenvalue weighted by Crippen LogP contribution is 2.18. The SMILES string of the molecule is CNc1cnc(C(C)C)nc1C(=O)N1CCN(C)CC1. The smallest absolute Gasteiger partial charge is 0.274 e. The first kappa shape index (κ1) is 14.7. The Kier molecular flexibility index (Phi) is 4.54. The first-order valence-corrected chi connectivity index (χ1v) is 7.05. The molecule has 0 aromatic carbocycles. The van der Waals surface area contributed by atoms with Crippen molar-refractivity contribution in [3.8, 4) is 0 Å². The van der Waals surface area contributed by atoms with E-state index in [0.717, 1.165) is 26.2 Å². The van der Waals surface area contributed by atoms with Gasteiger partial charge in [0.25, 0.3) is 5.91 Å². The molecule has 110 valence electrons. The topological polar surface area (TPSA) is 61.4 Å². The number of likely N-dealkylation sites (N-methyl/N-ethyl adjacent to an activating group) is 1. The highest BCUT2D eigenvalue weighted by Gasteiger charge is 2.24. The summed E-state index contributed by atoms with van der Waals surface area (Å²) < 4.78 is 0. The third-order valence-electron chi connectivity index (χ3n) is 3.59. The molecular formula is C14H23N5O. The molecule has 2 heterocycles. The van der Waals surface area contributed by atoms with Gasteiger partial charge in [-0.2, -0.15) is 0 Å². The number of nitrogens with one attached hydrogen (secondary N) is 1. The highest BCUT2D eigenvalue weighted by atomic mass is 16.2. The van der Waals surface area contributed by atoms with Gasteiger partial charge in [-0.15, -0.1) is 0 Å². The first-order valence-electron chi connectivity index (χ1n) is 7.05. The average Bonchev–Trinajstić information content (AvgIpc) is 2.46. The average molecular weight is 277 g/mol. The maximum atomic E-state index is 12.6. The van der Waals surface area contributed by atoms with Crippen molar-refractivity contribution in [2.24, 2.45) is 0 Å². The molecule has 0 unspecified atom stereocenters. The van der Waals surface area contributed by atoms with Crippen molar-refractivity contribution in [3.05, 3.63) is 17.7 Å². The number of nitrogens with zero attached hydrogens (tertiary/aromatic N) is 4. The zero-order valence-electron chi connectivity index (χ0n) is 12.7. The summed E-state index contributed by atoms with van der Waals surface area (Å²) in [6, 6.07) is 0. The van der Waals surface area contributed by atoms with Gasteiger partial charge in [0.15, 0.2) is 5.69 Å². The lowest BCUT2D eigenvalue weighted by Crippen LogP contribution is -2.47. The van der Waals surface area contributed by atoms with Crippen molar-refractivity contribution < 1.29 is 4.79 Å². The van der Waals surface area contributed by atoms with Crippen LogP contribution in [0, 0.1) is 0 Å². The second-order valence-electron chi connectivity index (χ2n) is 5.49. The lowest BCUT2D eigenvalue weighted by Gasteiger charge is -2.32. The van der Waals surface area contributed by atoms with E-state index in [4.69, 9.17) is 0 Å². The lowest BCUT2D eigenvalue weighted by atomic mass is 10.2. The Morgan fingerprint density at radius 3 is 2.50 bits per heavy atom. The van der Waals surface area contributed by atoms with Gasteiger partial charge in [-0.3, -0.25) is 4.79 Å². The number of carbonyl (C=O) groups is 1. The fraction of sp³-hybridized carbons (Fsp3) is 0.643. The summed E-state index contributed by atoms with van der Waals surface area (Å²) >= 11 is 0. The number of anilines is 1. The third kappa shape index (κ3) is 3.07. The van der Waals surface area contributed by atoms with E-state index >= 15 is 0 Å². The molecule has 1 aliphatic heterocycles. The molecule has 6 heteroatoms. The monoisotopic (exact) mass is 277 g/mol. The Bertz CT molecular complexity index is 480. The van der Waals surface area contributed by atoms with Gasteiger partial charge in [0.1, 0.15) is 5.82 Å². The van der Waals surface area contributed by atoms with Crippen molar-refractivity contribution >= 4 is 11.6 Å². The van der Waals surface area contributed by atoms with Gasteiger partial charge in [-0.25, -0.2) is 9.97 Å². The van der Waals surface area contributed by atoms with Crippen LogP contribution in [0.25, 0.3) is 0 Å². The molecule has 1 aromatic heterocycles. The van der Waals surface area contributed by atoms with Crippen LogP contribution < -0.4 is 5.32 Å². The van der Waals surface area contributed by atoms with Crippen LogP contribution in [0.1, 0.15) is 36.1 Å². The van der Waals surface area contributed by atoms with E-state index in [-0.39, 0.29) is 11.8 Å². The van der Waals surface area contributed by atoms with Crippen LogP contribution in [0.5, 0.6) is 0 Å². The van der Waals surface area contributed by atoms with Crippen molar-refractivity contribution in [3.63, 3.8) is 0 Å². The Balaban J connectivity index is 2.25. The van der Waals surface area contributed by atoms with Crippen molar-refractivity contribution in [1.82, 2.24) is 19.8 Å². The predicted molar refractivity (Wildman–Crippen MR) is 79.1 cm³/mol. The van der Waals surface area contributed by atoms with E-state index in [9.17, 15) is 4.79 Å². The number of hydrogen-bond donors (Lipinski definition) is 1. The number of carbonyl (C=O) groups excluding carboxylic acids is 1. The summed E-state index contributed by atoms with van der Waals surface area (Å²) in [5.74, 6) is 0.910. The summed E-state index contributed by atoms with van der Waals surface area (Å²) in [5, 5.41) is 3.01. The summed E-state index contributed by atoms with van der Waals surface area (Å²) in [5.41, 5.74) is 1.18. The zero-order valence-corrected chi connectivity index (χ0v) is 12.7. The van der Waals surface area contributed by atoms with Gasteiger partial charge in [0.05, 0.1) is 11.9 Å². The standard InChI is InChI=1S/C14H23N5O/c1-10(2)13-16-9-11(15-3)12(17-13)14(20)19-7-5-18(4)6-8-19/h9-10,15H,5-8H2,1-4H3. The van der Waals surface area contributed by atoms with Crippen LogP contribution in [-0.4, -0.2) is 65.9 Å². The van der Waals surface area contributed by atoms with Crippen LogP contribution in [0.2, 0.25) is 0 Å². The fourth-order valence-corrected chi connectivity index (χ4v) is 2.18. The number of piperazine rings is 1. The third-order valence-corrected chi connectivity index (χ3v) is 3.59. The van der Waals surface area contributed by atoms with Crippen LogP contribution in [-0.2, 0) is 0 Å². The normalized spacial score (nSPS) is 16.6. The largest absolute Gasteiger partial charge is 0.385 e. The minimum absolute atomic E-state index is 0.00764. The predicted octanol–water partition coefficient (Wildman–Crippen LogP) is 1.03. The summed E-state index contributed by atoms with van der Waals surface area (Å²) in [7, 11) is 3.86. The second kappa shape index (κ2) is 6.17. The van der Waals surface area contributed by atoms with E-state index in [1.54, 1.807) is 13.2 Å². The van der Waals surface area contributed by atoms with Crippen molar-refractivity contribution in [2.75, 3.05) is 45.6 Å². The number of amides is 1. The van der Waals surface area contributed by atoms with E-state index < -0.39 is 0 Å². The summed E-state index contributed by atoms with van der Waals surface area (Å²) in [6.45, 7) is 7.36.